The maximum absolute atomic E-state index is 10.6. The maximum atomic E-state index is 10.6. The third-order valence-corrected chi connectivity index (χ3v) is 2.69. The highest BCUT2D eigenvalue weighted by molar-refractivity contribution is 5.82. The molecule has 1 rings (SSSR count). The van der Waals surface area contributed by atoms with E-state index in [-0.39, 0.29) is 12.3 Å². The minimum atomic E-state index is -1.14. The second-order valence-electron chi connectivity index (χ2n) is 3.77. The van der Waals surface area contributed by atoms with E-state index in [4.69, 9.17) is 21.7 Å². The molecule has 0 saturated heterocycles. The SMILES string of the molecule is N[C@@H](CC[C@@H]1C[C@]1(N)C(=O)O)C(=O)O. The van der Waals surface area contributed by atoms with Gasteiger partial charge in [0.1, 0.15) is 11.6 Å². The summed E-state index contributed by atoms with van der Waals surface area (Å²) in [4.78, 5) is 21.0. The Morgan fingerprint density at radius 3 is 2.43 bits per heavy atom. The van der Waals surface area contributed by atoms with Crippen LogP contribution in [0, 0.1) is 5.92 Å². The van der Waals surface area contributed by atoms with E-state index in [2.05, 4.69) is 0 Å². The van der Waals surface area contributed by atoms with Crippen LogP contribution >= 0.6 is 0 Å². The monoisotopic (exact) mass is 202 g/mol. The second-order valence-corrected chi connectivity index (χ2v) is 3.77. The smallest absolute Gasteiger partial charge is 0.323 e. The maximum Gasteiger partial charge on any atom is 0.323 e. The van der Waals surface area contributed by atoms with Crippen molar-refractivity contribution in [3.05, 3.63) is 0 Å². The molecule has 0 bridgehead atoms. The quantitative estimate of drug-likeness (QED) is 0.452. The zero-order chi connectivity index (χ0) is 10.9. The van der Waals surface area contributed by atoms with Crippen molar-refractivity contribution in [1.82, 2.24) is 0 Å². The topological polar surface area (TPSA) is 127 Å². The predicted octanol–water partition coefficient (Wildman–Crippen LogP) is -1.02. The summed E-state index contributed by atoms with van der Waals surface area (Å²) < 4.78 is 0. The van der Waals surface area contributed by atoms with Gasteiger partial charge in [-0.15, -0.1) is 0 Å². The normalized spacial score (nSPS) is 32.3. The van der Waals surface area contributed by atoms with Crippen LogP contribution in [0.15, 0.2) is 0 Å². The van der Waals surface area contributed by atoms with Gasteiger partial charge in [0.15, 0.2) is 0 Å². The summed E-state index contributed by atoms with van der Waals surface area (Å²) >= 11 is 0. The van der Waals surface area contributed by atoms with E-state index in [1.165, 1.54) is 0 Å². The molecule has 1 aliphatic carbocycles. The van der Waals surface area contributed by atoms with E-state index < -0.39 is 23.5 Å². The van der Waals surface area contributed by atoms with Crippen LogP contribution in [-0.4, -0.2) is 33.7 Å². The fourth-order valence-corrected chi connectivity index (χ4v) is 1.47. The van der Waals surface area contributed by atoms with Crippen molar-refractivity contribution in [2.45, 2.75) is 30.8 Å². The zero-order valence-electron chi connectivity index (χ0n) is 7.64. The molecule has 80 valence electrons. The third-order valence-electron chi connectivity index (χ3n) is 2.69. The van der Waals surface area contributed by atoms with Crippen LogP contribution in [0.25, 0.3) is 0 Å². The molecule has 1 fully saturated rings. The van der Waals surface area contributed by atoms with Gasteiger partial charge in [0.2, 0.25) is 0 Å². The van der Waals surface area contributed by atoms with E-state index in [0.717, 1.165) is 0 Å². The summed E-state index contributed by atoms with van der Waals surface area (Å²) in [6.07, 6.45) is 1.14. The summed E-state index contributed by atoms with van der Waals surface area (Å²) in [6, 6.07) is -0.923. The van der Waals surface area contributed by atoms with Crippen LogP contribution in [0.4, 0.5) is 0 Å². The highest BCUT2D eigenvalue weighted by Gasteiger charge is 2.56. The number of hydrogen-bond acceptors (Lipinski definition) is 4. The first-order chi connectivity index (χ1) is 6.38. The minimum absolute atomic E-state index is 0.134. The predicted molar refractivity (Wildman–Crippen MR) is 47.5 cm³/mol. The van der Waals surface area contributed by atoms with E-state index >= 15 is 0 Å². The van der Waals surface area contributed by atoms with Gasteiger partial charge in [-0.05, 0) is 25.2 Å². The van der Waals surface area contributed by atoms with Gasteiger partial charge in [0, 0.05) is 0 Å². The van der Waals surface area contributed by atoms with Crippen LogP contribution in [0.2, 0.25) is 0 Å². The number of carboxylic acids is 2. The highest BCUT2D eigenvalue weighted by atomic mass is 16.4. The van der Waals surface area contributed by atoms with Gasteiger partial charge in [0.05, 0.1) is 0 Å². The van der Waals surface area contributed by atoms with Gasteiger partial charge < -0.3 is 21.7 Å². The Hall–Kier alpha value is -1.14. The van der Waals surface area contributed by atoms with Crippen molar-refractivity contribution < 1.29 is 19.8 Å². The molecule has 3 atom stereocenters. The summed E-state index contributed by atoms with van der Waals surface area (Å²) in [6.45, 7) is 0. The Bertz CT molecular complexity index is 268. The lowest BCUT2D eigenvalue weighted by Gasteiger charge is -2.07. The van der Waals surface area contributed by atoms with Gasteiger partial charge in [0.25, 0.3) is 0 Å². The van der Waals surface area contributed by atoms with Crippen molar-refractivity contribution in [1.29, 1.82) is 0 Å². The van der Waals surface area contributed by atoms with Crippen LogP contribution < -0.4 is 11.5 Å². The first-order valence-electron chi connectivity index (χ1n) is 4.38. The molecule has 6 N–H and O–H groups in total. The molecule has 0 aliphatic heterocycles. The number of rotatable bonds is 5. The molecular weight excluding hydrogens is 188 g/mol. The lowest BCUT2D eigenvalue weighted by atomic mass is 10.1. The van der Waals surface area contributed by atoms with Gasteiger partial charge in [-0.2, -0.15) is 0 Å². The number of hydrogen-bond donors (Lipinski definition) is 4. The molecule has 0 heterocycles. The fraction of sp³-hybridized carbons (Fsp3) is 0.750. The third kappa shape index (κ3) is 2.02. The summed E-state index contributed by atoms with van der Waals surface area (Å²) in [5.41, 5.74) is 9.64. The van der Waals surface area contributed by atoms with Crippen LogP contribution in [-0.2, 0) is 9.59 Å². The largest absolute Gasteiger partial charge is 0.480 e. The molecule has 0 spiro atoms. The van der Waals surface area contributed by atoms with Crippen molar-refractivity contribution in [2.75, 3.05) is 0 Å². The van der Waals surface area contributed by atoms with E-state index in [0.29, 0.717) is 12.8 Å². The molecule has 0 radical (unpaired) electrons. The van der Waals surface area contributed by atoms with Crippen LogP contribution in [0.5, 0.6) is 0 Å². The Labute approximate surface area is 80.9 Å². The molecular formula is C8H14N2O4. The second kappa shape index (κ2) is 3.55. The Morgan fingerprint density at radius 1 is 1.50 bits per heavy atom. The molecule has 14 heavy (non-hydrogen) atoms. The Kier molecular flexibility index (Phi) is 2.77. The van der Waals surface area contributed by atoms with Crippen molar-refractivity contribution in [3.63, 3.8) is 0 Å². The van der Waals surface area contributed by atoms with Crippen molar-refractivity contribution >= 4 is 11.9 Å². The number of aliphatic carboxylic acids is 2. The first kappa shape index (κ1) is 10.9. The summed E-state index contributed by atoms with van der Waals surface area (Å²) in [5.74, 6) is -2.22. The summed E-state index contributed by atoms with van der Waals surface area (Å²) in [7, 11) is 0. The van der Waals surface area contributed by atoms with Crippen LogP contribution in [0.3, 0.4) is 0 Å². The van der Waals surface area contributed by atoms with E-state index in [1.54, 1.807) is 0 Å². The van der Waals surface area contributed by atoms with Gasteiger partial charge in [-0.1, -0.05) is 0 Å². The number of carbonyl (C=O) groups is 2. The van der Waals surface area contributed by atoms with E-state index in [9.17, 15) is 9.59 Å². The molecule has 0 aromatic heterocycles. The van der Waals surface area contributed by atoms with Crippen molar-refractivity contribution in [3.8, 4) is 0 Å². The molecule has 6 nitrogen and oxygen atoms in total. The Balaban J connectivity index is 2.30. The standard InChI is InChI=1S/C8H14N2O4/c9-5(6(11)12)2-1-4-3-8(4,10)7(13)14/h4-5H,1-3,9-10H2,(H,11,12)(H,13,14)/t4-,5+,8-/m1/s1. The lowest BCUT2D eigenvalue weighted by molar-refractivity contribution is -0.140. The zero-order valence-corrected chi connectivity index (χ0v) is 7.64. The van der Waals surface area contributed by atoms with Crippen molar-refractivity contribution in [2.24, 2.45) is 17.4 Å². The average Bonchev–Trinajstić information content (AvgIpc) is 2.74. The molecule has 1 aliphatic rings. The lowest BCUT2D eigenvalue weighted by Crippen LogP contribution is -2.36. The minimum Gasteiger partial charge on any atom is -0.480 e. The highest BCUT2D eigenvalue weighted by Crippen LogP contribution is 2.44. The van der Waals surface area contributed by atoms with Crippen LogP contribution in [0.1, 0.15) is 19.3 Å². The molecule has 0 unspecified atom stereocenters. The average molecular weight is 202 g/mol. The fourth-order valence-electron chi connectivity index (χ4n) is 1.47. The molecule has 6 heteroatoms. The molecule has 0 amide bonds. The number of carboxylic acid groups (broad SMARTS) is 2. The molecule has 1 saturated carbocycles. The number of nitrogens with two attached hydrogens (primary N) is 2. The first-order valence-corrected chi connectivity index (χ1v) is 4.38. The van der Waals surface area contributed by atoms with Gasteiger partial charge >= 0.3 is 11.9 Å². The molecule has 0 aromatic rings. The van der Waals surface area contributed by atoms with Gasteiger partial charge in [-0.25, -0.2) is 0 Å². The Morgan fingerprint density at radius 2 is 2.07 bits per heavy atom. The summed E-state index contributed by atoms with van der Waals surface area (Å²) in [5, 5.41) is 17.2. The van der Waals surface area contributed by atoms with Gasteiger partial charge in [-0.3, -0.25) is 9.59 Å². The van der Waals surface area contributed by atoms with E-state index in [1.807, 2.05) is 0 Å². The molecule has 0 aromatic carbocycles.